The second-order valence-corrected chi connectivity index (χ2v) is 5.96. The molecule has 0 aliphatic rings. The Bertz CT molecular complexity index is 913. The summed E-state index contributed by atoms with van der Waals surface area (Å²) in [6.45, 7) is 0. The number of hydrogen-bond acceptors (Lipinski definition) is 3. The fourth-order valence-corrected chi connectivity index (χ4v) is 2.66. The van der Waals surface area contributed by atoms with Gasteiger partial charge in [0.1, 0.15) is 5.82 Å². The van der Waals surface area contributed by atoms with E-state index in [-0.39, 0.29) is 0 Å². The maximum absolute atomic E-state index is 13.2. The summed E-state index contributed by atoms with van der Waals surface area (Å²) in [6.07, 6.45) is 2.95. The van der Waals surface area contributed by atoms with Gasteiger partial charge in [0.05, 0.1) is 33.2 Å². The number of nitrogens with zero attached hydrogens (tertiary/aromatic N) is 1. The van der Waals surface area contributed by atoms with Gasteiger partial charge in [0.25, 0.3) is 5.91 Å². The van der Waals surface area contributed by atoms with E-state index in [2.05, 4.69) is 15.6 Å². The number of nitrogens with one attached hydrogen (secondary N) is 2. The van der Waals surface area contributed by atoms with Crippen LogP contribution in [-0.4, -0.2) is 10.9 Å². The molecule has 1 amide bonds. The van der Waals surface area contributed by atoms with Gasteiger partial charge in [-0.2, -0.15) is 0 Å². The molecule has 1 aromatic heterocycles. The number of hydrogen-bond donors (Lipinski definition) is 2. The molecule has 3 rings (SSSR count). The van der Waals surface area contributed by atoms with Crippen LogP contribution in [0.1, 0.15) is 10.4 Å². The maximum atomic E-state index is 13.2. The molecule has 0 bridgehead atoms. The second-order valence-electron chi connectivity index (χ2n) is 5.15. The van der Waals surface area contributed by atoms with Gasteiger partial charge in [-0.25, -0.2) is 4.39 Å². The van der Waals surface area contributed by atoms with Gasteiger partial charge in [-0.1, -0.05) is 35.3 Å². The lowest BCUT2D eigenvalue weighted by atomic mass is 10.2. The van der Waals surface area contributed by atoms with Crippen molar-refractivity contribution in [1.29, 1.82) is 0 Å². The standard InChI is InChI=1S/C18H12Cl2FN3O/c19-15-5-2-6-16(20)17(15)23-14-7-11(9-22-10-14)18(25)24-13-4-1-3-12(21)8-13/h1-10,23H,(H,24,25). The molecular formula is C18H12Cl2FN3O. The molecule has 0 aliphatic carbocycles. The first-order valence-corrected chi connectivity index (χ1v) is 8.01. The number of halogens is 3. The van der Waals surface area contributed by atoms with E-state index in [9.17, 15) is 9.18 Å². The molecule has 1 heterocycles. The fourth-order valence-electron chi connectivity index (χ4n) is 2.16. The number of para-hydroxylation sites is 1. The van der Waals surface area contributed by atoms with Crippen LogP contribution >= 0.6 is 23.2 Å². The Kier molecular flexibility index (Phi) is 5.16. The lowest BCUT2D eigenvalue weighted by Gasteiger charge is -2.11. The van der Waals surface area contributed by atoms with Crippen molar-refractivity contribution in [2.75, 3.05) is 10.6 Å². The number of aromatic nitrogens is 1. The molecule has 0 aliphatic heterocycles. The summed E-state index contributed by atoms with van der Waals surface area (Å²) >= 11 is 12.2. The molecule has 0 fully saturated rings. The molecule has 2 N–H and O–H groups in total. The van der Waals surface area contributed by atoms with Crippen LogP contribution in [-0.2, 0) is 0 Å². The first kappa shape index (κ1) is 17.2. The molecule has 2 aromatic carbocycles. The average Bonchev–Trinajstić information content (AvgIpc) is 2.58. The molecule has 0 radical (unpaired) electrons. The second kappa shape index (κ2) is 7.51. The van der Waals surface area contributed by atoms with Crippen molar-refractivity contribution in [3.05, 3.63) is 82.4 Å². The molecule has 0 unspecified atom stereocenters. The summed E-state index contributed by atoms with van der Waals surface area (Å²) < 4.78 is 13.2. The summed E-state index contributed by atoms with van der Waals surface area (Å²) in [4.78, 5) is 16.3. The van der Waals surface area contributed by atoms with Crippen LogP contribution in [0.5, 0.6) is 0 Å². The zero-order chi connectivity index (χ0) is 17.8. The van der Waals surface area contributed by atoms with Crippen molar-refractivity contribution >= 4 is 46.2 Å². The molecule has 0 saturated heterocycles. The van der Waals surface area contributed by atoms with Crippen LogP contribution in [0.3, 0.4) is 0 Å². The van der Waals surface area contributed by atoms with Crippen LogP contribution in [0, 0.1) is 5.82 Å². The van der Waals surface area contributed by atoms with Crippen molar-refractivity contribution in [3.63, 3.8) is 0 Å². The predicted octanol–water partition coefficient (Wildman–Crippen LogP) is 5.52. The summed E-state index contributed by atoms with van der Waals surface area (Å²) in [5.74, 6) is -0.841. The van der Waals surface area contributed by atoms with Crippen LogP contribution in [0.4, 0.5) is 21.5 Å². The van der Waals surface area contributed by atoms with E-state index in [1.54, 1.807) is 36.5 Å². The highest BCUT2D eigenvalue weighted by molar-refractivity contribution is 6.39. The summed E-state index contributed by atoms with van der Waals surface area (Å²) in [5.41, 5.74) is 1.73. The van der Waals surface area contributed by atoms with E-state index in [1.807, 2.05) is 0 Å². The van der Waals surface area contributed by atoms with E-state index >= 15 is 0 Å². The predicted molar refractivity (Wildman–Crippen MR) is 98.3 cm³/mol. The number of anilines is 3. The molecule has 7 heteroatoms. The van der Waals surface area contributed by atoms with Gasteiger partial charge in [-0.15, -0.1) is 0 Å². The minimum atomic E-state index is -0.431. The Morgan fingerprint density at radius 1 is 0.960 bits per heavy atom. The number of pyridine rings is 1. The lowest BCUT2D eigenvalue weighted by molar-refractivity contribution is 0.102. The van der Waals surface area contributed by atoms with Crippen molar-refractivity contribution < 1.29 is 9.18 Å². The number of rotatable bonds is 4. The van der Waals surface area contributed by atoms with Gasteiger partial charge in [-0.05, 0) is 36.4 Å². The SMILES string of the molecule is O=C(Nc1cccc(F)c1)c1cncc(Nc2c(Cl)cccc2Cl)c1. The highest BCUT2D eigenvalue weighted by Gasteiger charge is 2.10. The third-order valence-corrected chi connectivity index (χ3v) is 3.94. The maximum Gasteiger partial charge on any atom is 0.257 e. The molecule has 25 heavy (non-hydrogen) atoms. The monoisotopic (exact) mass is 375 g/mol. The first-order valence-electron chi connectivity index (χ1n) is 7.26. The van der Waals surface area contributed by atoms with E-state index in [0.29, 0.717) is 32.7 Å². The normalized spacial score (nSPS) is 10.4. The molecule has 0 atom stereocenters. The van der Waals surface area contributed by atoms with Gasteiger partial charge in [0.15, 0.2) is 0 Å². The number of amides is 1. The lowest BCUT2D eigenvalue weighted by Crippen LogP contribution is -2.12. The fraction of sp³-hybridized carbons (Fsp3) is 0. The van der Waals surface area contributed by atoms with Crippen molar-refractivity contribution in [2.45, 2.75) is 0 Å². The summed E-state index contributed by atoms with van der Waals surface area (Å²) in [5, 5.41) is 6.55. The highest BCUT2D eigenvalue weighted by Crippen LogP contribution is 2.32. The van der Waals surface area contributed by atoms with Crippen LogP contribution < -0.4 is 10.6 Å². The average molecular weight is 376 g/mol. The smallest absolute Gasteiger partial charge is 0.257 e. The topological polar surface area (TPSA) is 54.0 Å². The van der Waals surface area contributed by atoms with E-state index < -0.39 is 11.7 Å². The van der Waals surface area contributed by atoms with Gasteiger partial charge in [0, 0.05) is 11.9 Å². The quantitative estimate of drug-likeness (QED) is 0.630. The third kappa shape index (κ3) is 4.26. The van der Waals surface area contributed by atoms with E-state index in [1.165, 1.54) is 24.4 Å². The Hall–Kier alpha value is -2.63. The molecular weight excluding hydrogens is 364 g/mol. The van der Waals surface area contributed by atoms with E-state index in [0.717, 1.165) is 0 Å². The number of carbonyl (C=O) groups is 1. The molecule has 4 nitrogen and oxygen atoms in total. The zero-order valence-electron chi connectivity index (χ0n) is 12.8. The van der Waals surface area contributed by atoms with Crippen LogP contribution in [0.15, 0.2) is 60.9 Å². The Morgan fingerprint density at radius 3 is 2.40 bits per heavy atom. The van der Waals surface area contributed by atoms with Gasteiger partial charge in [0.2, 0.25) is 0 Å². The van der Waals surface area contributed by atoms with Gasteiger partial charge >= 0.3 is 0 Å². The zero-order valence-corrected chi connectivity index (χ0v) is 14.3. The van der Waals surface area contributed by atoms with Gasteiger partial charge in [-0.3, -0.25) is 9.78 Å². The number of carbonyl (C=O) groups excluding carboxylic acids is 1. The minimum Gasteiger partial charge on any atom is -0.352 e. The Labute approximate surface area is 153 Å². The minimum absolute atomic E-state index is 0.303. The summed E-state index contributed by atoms with van der Waals surface area (Å²) in [7, 11) is 0. The van der Waals surface area contributed by atoms with E-state index in [4.69, 9.17) is 23.2 Å². The highest BCUT2D eigenvalue weighted by atomic mass is 35.5. The number of benzene rings is 2. The first-order chi connectivity index (χ1) is 12.0. The van der Waals surface area contributed by atoms with Crippen molar-refractivity contribution in [2.24, 2.45) is 0 Å². The van der Waals surface area contributed by atoms with Crippen molar-refractivity contribution in [1.82, 2.24) is 4.98 Å². The van der Waals surface area contributed by atoms with Crippen molar-refractivity contribution in [3.8, 4) is 0 Å². The molecule has 0 spiro atoms. The van der Waals surface area contributed by atoms with Crippen LogP contribution in [0.2, 0.25) is 10.0 Å². The molecule has 0 saturated carbocycles. The molecule has 3 aromatic rings. The molecule has 126 valence electrons. The van der Waals surface area contributed by atoms with Crippen LogP contribution in [0.25, 0.3) is 0 Å². The largest absolute Gasteiger partial charge is 0.352 e. The summed E-state index contributed by atoms with van der Waals surface area (Å²) in [6, 6.07) is 12.4. The Morgan fingerprint density at radius 2 is 1.68 bits per heavy atom. The third-order valence-electron chi connectivity index (χ3n) is 3.32. The van der Waals surface area contributed by atoms with Gasteiger partial charge < -0.3 is 10.6 Å². The Balaban J connectivity index is 1.80.